The Balaban J connectivity index is 3.11. The second-order valence-corrected chi connectivity index (χ2v) is 7.54. The third-order valence-corrected chi connectivity index (χ3v) is 5.14. The summed E-state index contributed by atoms with van der Waals surface area (Å²) in [6.45, 7) is 5.42. The smallest absolute Gasteiger partial charge is 0.265 e. The molecule has 1 N–H and O–H groups in total. The van der Waals surface area contributed by atoms with E-state index in [1.807, 2.05) is 13.8 Å². The second kappa shape index (κ2) is 6.77. The first-order chi connectivity index (χ1) is 9.58. The molecule has 0 aliphatic carbocycles. The van der Waals surface area contributed by atoms with E-state index in [1.54, 1.807) is 38.1 Å². The fourth-order valence-electron chi connectivity index (χ4n) is 2.21. The second-order valence-electron chi connectivity index (χ2n) is 5.51. The molecule has 0 fully saturated rings. The lowest BCUT2D eigenvalue weighted by molar-refractivity contribution is -0.125. The number of aryl methyl sites for hydroxylation is 1. The van der Waals surface area contributed by atoms with E-state index in [2.05, 4.69) is 4.72 Å². The molecule has 0 spiro atoms. The number of hydrogen-bond acceptors (Lipinski definition) is 4. The van der Waals surface area contributed by atoms with Gasteiger partial charge in [-0.05, 0) is 38.6 Å². The van der Waals surface area contributed by atoms with Crippen LogP contribution in [0.15, 0.2) is 23.1 Å². The van der Waals surface area contributed by atoms with Crippen molar-refractivity contribution in [2.75, 3.05) is 14.1 Å². The summed E-state index contributed by atoms with van der Waals surface area (Å²) >= 11 is 6.02. The lowest BCUT2D eigenvalue weighted by atomic mass is 10.0. The highest BCUT2D eigenvalue weighted by molar-refractivity contribution is 7.90. The highest BCUT2D eigenvalue weighted by Gasteiger charge is 2.29. The zero-order chi connectivity index (χ0) is 16.4. The first-order valence-electron chi connectivity index (χ1n) is 6.56. The van der Waals surface area contributed by atoms with Gasteiger partial charge >= 0.3 is 0 Å². The molecule has 0 aliphatic heterocycles. The number of carbonyl (C=O) groups excluding carboxylic acids is 1. The van der Waals surface area contributed by atoms with Crippen molar-refractivity contribution in [1.82, 2.24) is 9.62 Å². The van der Waals surface area contributed by atoms with Gasteiger partial charge in [-0.25, -0.2) is 13.1 Å². The van der Waals surface area contributed by atoms with Crippen molar-refractivity contribution in [3.05, 3.63) is 28.8 Å². The Morgan fingerprint density at radius 3 is 2.33 bits per heavy atom. The number of carbonyl (C=O) groups is 1. The van der Waals surface area contributed by atoms with Crippen LogP contribution in [0, 0.1) is 12.8 Å². The van der Waals surface area contributed by atoms with Crippen molar-refractivity contribution in [1.29, 1.82) is 0 Å². The molecule has 1 amide bonds. The van der Waals surface area contributed by atoms with Crippen LogP contribution in [-0.4, -0.2) is 39.4 Å². The predicted octanol–water partition coefficient (Wildman–Crippen LogP) is 2.04. The zero-order valence-corrected chi connectivity index (χ0v) is 14.4. The number of sulfonamides is 1. The van der Waals surface area contributed by atoms with Crippen molar-refractivity contribution >= 4 is 27.5 Å². The summed E-state index contributed by atoms with van der Waals surface area (Å²) in [5.41, 5.74) is 0.639. The minimum Gasteiger partial charge on any atom is -0.298 e. The van der Waals surface area contributed by atoms with Crippen molar-refractivity contribution in [2.45, 2.75) is 31.7 Å². The fourth-order valence-corrected chi connectivity index (χ4v) is 3.79. The number of amides is 1. The molecule has 0 bridgehead atoms. The summed E-state index contributed by atoms with van der Waals surface area (Å²) in [4.78, 5) is 13.8. The Morgan fingerprint density at radius 2 is 1.86 bits per heavy atom. The third-order valence-electron chi connectivity index (χ3n) is 3.14. The van der Waals surface area contributed by atoms with Crippen LogP contribution in [-0.2, 0) is 14.8 Å². The van der Waals surface area contributed by atoms with Crippen LogP contribution in [0.2, 0.25) is 5.02 Å². The normalized spacial score (nSPS) is 13.5. The van der Waals surface area contributed by atoms with Gasteiger partial charge in [0.25, 0.3) is 15.9 Å². The highest BCUT2D eigenvalue weighted by Crippen LogP contribution is 2.24. The average molecular weight is 333 g/mol. The largest absolute Gasteiger partial charge is 0.298 e. The quantitative estimate of drug-likeness (QED) is 0.896. The SMILES string of the molecule is Cc1cccc(S(=O)(=O)NC(=O)[C@@H](C(C)C)N(C)C)c1Cl. The monoisotopic (exact) mass is 332 g/mol. The number of nitrogens with zero attached hydrogens (tertiary/aromatic N) is 1. The summed E-state index contributed by atoms with van der Waals surface area (Å²) in [6, 6.07) is 4.14. The van der Waals surface area contributed by atoms with Crippen LogP contribution >= 0.6 is 11.6 Å². The molecule has 0 unspecified atom stereocenters. The average Bonchev–Trinajstić information content (AvgIpc) is 2.30. The van der Waals surface area contributed by atoms with E-state index in [9.17, 15) is 13.2 Å². The van der Waals surface area contributed by atoms with Crippen LogP contribution in [0.5, 0.6) is 0 Å². The molecule has 0 aromatic heterocycles. The molecule has 7 heteroatoms. The maximum absolute atomic E-state index is 12.3. The van der Waals surface area contributed by atoms with E-state index in [0.717, 1.165) is 0 Å². The van der Waals surface area contributed by atoms with Gasteiger partial charge in [0.15, 0.2) is 0 Å². The highest BCUT2D eigenvalue weighted by atomic mass is 35.5. The summed E-state index contributed by atoms with van der Waals surface area (Å²) in [6.07, 6.45) is 0. The molecule has 0 saturated heterocycles. The Kier molecular flexibility index (Phi) is 5.78. The maximum atomic E-state index is 12.3. The lowest BCUT2D eigenvalue weighted by Gasteiger charge is -2.26. The van der Waals surface area contributed by atoms with Crippen molar-refractivity contribution in [2.24, 2.45) is 5.92 Å². The van der Waals surface area contributed by atoms with Gasteiger partial charge in [0.2, 0.25) is 0 Å². The van der Waals surface area contributed by atoms with Gasteiger partial charge in [-0.3, -0.25) is 9.69 Å². The molecular formula is C14H21ClN2O3S. The fraction of sp³-hybridized carbons (Fsp3) is 0.500. The van der Waals surface area contributed by atoms with Crippen molar-refractivity contribution in [3.63, 3.8) is 0 Å². The van der Waals surface area contributed by atoms with Gasteiger partial charge in [0.05, 0.1) is 11.1 Å². The standard InChI is InChI=1S/C14H21ClN2O3S/c1-9(2)13(17(4)5)14(18)16-21(19,20)11-8-6-7-10(3)12(11)15/h6-9,13H,1-5H3,(H,16,18)/t13-/m1/s1. The molecule has 0 saturated carbocycles. The first kappa shape index (κ1) is 17.9. The molecule has 1 atom stereocenters. The van der Waals surface area contributed by atoms with E-state index >= 15 is 0 Å². The summed E-state index contributed by atoms with van der Waals surface area (Å²) in [5, 5.41) is 0.128. The lowest BCUT2D eigenvalue weighted by Crippen LogP contribution is -2.48. The van der Waals surface area contributed by atoms with E-state index in [1.165, 1.54) is 6.07 Å². The molecule has 1 aromatic carbocycles. The number of benzene rings is 1. The maximum Gasteiger partial charge on any atom is 0.265 e. The molecule has 5 nitrogen and oxygen atoms in total. The Hall–Kier alpha value is -1.11. The summed E-state index contributed by atoms with van der Waals surface area (Å²) < 4.78 is 26.8. The topological polar surface area (TPSA) is 66.5 Å². The Bertz CT molecular complexity index is 619. The van der Waals surface area contributed by atoms with E-state index in [0.29, 0.717) is 5.56 Å². The van der Waals surface area contributed by atoms with Crippen LogP contribution in [0.1, 0.15) is 19.4 Å². The molecule has 21 heavy (non-hydrogen) atoms. The third kappa shape index (κ3) is 4.18. The van der Waals surface area contributed by atoms with Crippen LogP contribution in [0.25, 0.3) is 0 Å². The number of hydrogen-bond donors (Lipinski definition) is 1. The summed E-state index contributed by atoms with van der Waals surface area (Å²) in [5.74, 6) is -0.587. The Labute approximate surface area is 131 Å². The predicted molar refractivity (Wildman–Crippen MR) is 83.8 cm³/mol. The molecule has 0 aliphatic rings. The van der Waals surface area contributed by atoms with Gasteiger partial charge < -0.3 is 0 Å². The van der Waals surface area contributed by atoms with Gasteiger partial charge in [-0.1, -0.05) is 37.6 Å². The van der Waals surface area contributed by atoms with Crippen LogP contribution in [0.4, 0.5) is 0 Å². The zero-order valence-electron chi connectivity index (χ0n) is 12.8. The van der Waals surface area contributed by atoms with Gasteiger partial charge in [-0.15, -0.1) is 0 Å². The summed E-state index contributed by atoms with van der Waals surface area (Å²) in [7, 11) is -0.518. The van der Waals surface area contributed by atoms with E-state index in [-0.39, 0.29) is 15.8 Å². The van der Waals surface area contributed by atoms with Crippen LogP contribution < -0.4 is 4.72 Å². The van der Waals surface area contributed by atoms with E-state index < -0.39 is 22.0 Å². The molecular weight excluding hydrogens is 312 g/mol. The van der Waals surface area contributed by atoms with Gasteiger partial charge in [-0.2, -0.15) is 0 Å². The minimum atomic E-state index is -3.98. The Morgan fingerprint density at radius 1 is 1.29 bits per heavy atom. The number of nitrogens with one attached hydrogen (secondary N) is 1. The van der Waals surface area contributed by atoms with Gasteiger partial charge in [0, 0.05) is 0 Å². The van der Waals surface area contributed by atoms with Gasteiger partial charge in [0.1, 0.15) is 4.90 Å². The number of rotatable bonds is 5. The van der Waals surface area contributed by atoms with Crippen molar-refractivity contribution in [3.8, 4) is 0 Å². The number of likely N-dealkylation sites (N-methyl/N-ethyl adjacent to an activating group) is 1. The van der Waals surface area contributed by atoms with Crippen molar-refractivity contribution < 1.29 is 13.2 Å². The van der Waals surface area contributed by atoms with E-state index in [4.69, 9.17) is 11.6 Å². The van der Waals surface area contributed by atoms with Crippen LogP contribution in [0.3, 0.4) is 0 Å². The number of halogens is 1. The molecule has 0 radical (unpaired) electrons. The molecule has 0 heterocycles. The molecule has 1 aromatic rings. The minimum absolute atomic E-state index is 0.0248. The molecule has 118 valence electrons. The first-order valence-corrected chi connectivity index (χ1v) is 8.42. The molecule has 1 rings (SSSR count).